The lowest BCUT2D eigenvalue weighted by Crippen LogP contribution is -2.29. The average Bonchev–Trinajstić information content (AvgIpc) is 2.71. The van der Waals surface area contributed by atoms with Crippen LogP contribution < -0.4 is 0 Å². The molecule has 0 aromatic heterocycles. The minimum absolute atomic E-state index is 0.119. The van der Waals surface area contributed by atoms with Crippen molar-refractivity contribution in [2.45, 2.75) is 31.5 Å². The zero-order valence-electron chi connectivity index (χ0n) is 11.3. The van der Waals surface area contributed by atoms with Crippen molar-refractivity contribution in [2.75, 3.05) is 13.2 Å². The maximum absolute atomic E-state index is 11.6. The second kappa shape index (κ2) is 6.35. The molecule has 0 aromatic rings. The quantitative estimate of drug-likeness (QED) is 0.389. The molecule has 0 aromatic carbocycles. The van der Waals surface area contributed by atoms with E-state index in [1.807, 2.05) is 6.08 Å². The van der Waals surface area contributed by atoms with Gasteiger partial charge in [-0.15, -0.1) is 0 Å². The minimum atomic E-state index is -0.841. The van der Waals surface area contributed by atoms with Crippen molar-refractivity contribution in [3.8, 4) is 0 Å². The van der Waals surface area contributed by atoms with Gasteiger partial charge in [-0.25, -0.2) is 4.79 Å². The summed E-state index contributed by atoms with van der Waals surface area (Å²) in [6.07, 6.45) is 3.73. The van der Waals surface area contributed by atoms with Crippen LogP contribution in [-0.2, 0) is 9.53 Å². The second-order valence-electron chi connectivity index (χ2n) is 5.23. The summed E-state index contributed by atoms with van der Waals surface area (Å²) in [5.74, 6) is -1.04. The van der Waals surface area contributed by atoms with Crippen LogP contribution >= 0.6 is 0 Å². The van der Waals surface area contributed by atoms with Crippen LogP contribution in [0.1, 0.15) is 19.3 Å². The Labute approximate surface area is 117 Å². The van der Waals surface area contributed by atoms with Gasteiger partial charge < -0.3 is 20.1 Å². The van der Waals surface area contributed by atoms with E-state index in [1.54, 1.807) is 6.08 Å². The highest BCUT2D eigenvalue weighted by Gasteiger charge is 2.42. The van der Waals surface area contributed by atoms with E-state index < -0.39 is 24.1 Å². The topological polar surface area (TPSA) is 87.0 Å². The highest BCUT2D eigenvalue weighted by Crippen LogP contribution is 2.34. The average molecular weight is 280 g/mol. The van der Waals surface area contributed by atoms with Crippen molar-refractivity contribution in [3.63, 3.8) is 0 Å². The molecule has 1 heterocycles. The van der Waals surface area contributed by atoms with Crippen molar-refractivity contribution in [2.24, 2.45) is 5.92 Å². The predicted molar refractivity (Wildman–Crippen MR) is 72.7 cm³/mol. The fourth-order valence-electron chi connectivity index (χ4n) is 2.71. The minimum Gasteiger partial charge on any atom is -0.454 e. The van der Waals surface area contributed by atoms with Crippen molar-refractivity contribution in [1.82, 2.24) is 0 Å². The summed E-state index contributed by atoms with van der Waals surface area (Å²) < 4.78 is 5.21. The third-order valence-electron chi connectivity index (χ3n) is 3.85. The fourth-order valence-corrected chi connectivity index (χ4v) is 2.71. The van der Waals surface area contributed by atoms with Crippen LogP contribution in [0.5, 0.6) is 0 Å². The molecular weight excluding hydrogens is 260 g/mol. The molecule has 3 N–H and O–H groups in total. The first-order chi connectivity index (χ1) is 9.56. The number of rotatable bonds is 2. The number of fused-ring (bicyclic) bond motifs is 1. The molecule has 0 saturated carbocycles. The Kier molecular flexibility index (Phi) is 4.75. The van der Waals surface area contributed by atoms with Crippen LogP contribution in [-0.4, -0.2) is 46.7 Å². The van der Waals surface area contributed by atoms with Gasteiger partial charge >= 0.3 is 5.97 Å². The highest BCUT2D eigenvalue weighted by atomic mass is 16.6. The Morgan fingerprint density at radius 2 is 2.00 bits per heavy atom. The molecule has 3 atom stereocenters. The number of carbonyl (C=O) groups excluding carboxylic acids is 1. The first-order valence-electron chi connectivity index (χ1n) is 6.73. The molecule has 0 spiro atoms. The molecule has 0 bridgehead atoms. The van der Waals surface area contributed by atoms with Crippen LogP contribution in [0.3, 0.4) is 0 Å². The summed E-state index contributed by atoms with van der Waals surface area (Å²) >= 11 is 0. The third kappa shape index (κ3) is 3.00. The van der Waals surface area contributed by atoms with E-state index >= 15 is 0 Å². The second-order valence-corrected chi connectivity index (χ2v) is 5.23. The maximum Gasteiger partial charge on any atom is 0.334 e. The van der Waals surface area contributed by atoms with Gasteiger partial charge in [0.1, 0.15) is 6.10 Å². The number of esters is 1. The first kappa shape index (κ1) is 15.0. The zero-order chi connectivity index (χ0) is 14.7. The van der Waals surface area contributed by atoms with Gasteiger partial charge in [-0.05, 0) is 36.5 Å². The Bertz CT molecular complexity index is 463. The van der Waals surface area contributed by atoms with E-state index in [-0.39, 0.29) is 25.2 Å². The Morgan fingerprint density at radius 1 is 1.30 bits per heavy atom. The van der Waals surface area contributed by atoms with Gasteiger partial charge in [-0.1, -0.05) is 12.7 Å². The van der Waals surface area contributed by atoms with Gasteiger partial charge in [0.2, 0.25) is 0 Å². The number of hydrogen-bond acceptors (Lipinski definition) is 5. The van der Waals surface area contributed by atoms with Gasteiger partial charge in [0.25, 0.3) is 0 Å². The van der Waals surface area contributed by atoms with E-state index in [9.17, 15) is 20.1 Å². The smallest absolute Gasteiger partial charge is 0.334 e. The van der Waals surface area contributed by atoms with Crippen molar-refractivity contribution in [3.05, 3.63) is 35.5 Å². The van der Waals surface area contributed by atoms with Gasteiger partial charge in [0.15, 0.2) is 0 Å². The van der Waals surface area contributed by atoms with Gasteiger partial charge in [-0.2, -0.15) is 0 Å². The zero-order valence-corrected chi connectivity index (χ0v) is 11.3. The fraction of sp³-hybridized carbons (Fsp3) is 0.533. The third-order valence-corrected chi connectivity index (χ3v) is 3.85. The molecule has 0 unspecified atom stereocenters. The van der Waals surface area contributed by atoms with Gasteiger partial charge in [0.05, 0.1) is 25.2 Å². The monoisotopic (exact) mass is 280 g/mol. The standard InChI is InChI=1S/C15H20O5/c1-9-14-12(18)5-10(7-16)3-2-4-11(8-17)6-13(14)20-15(9)19/h3,6,12-14,16-18H,1-2,4-5,7-8H2/b10-3-,11-6-/t12-,13+,14-/m0/s1. The molecule has 1 aliphatic heterocycles. The summed E-state index contributed by atoms with van der Waals surface area (Å²) in [5, 5.41) is 29.0. The molecule has 20 heavy (non-hydrogen) atoms. The summed E-state index contributed by atoms with van der Waals surface area (Å²) in [7, 11) is 0. The highest BCUT2D eigenvalue weighted by molar-refractivity contribution is 5.91. The Morgan fingerprint density at radius 3 is 2.65 bits per heavy atom. The molecule has 5 heteroatoms. The van der Waals surface area contributed by atoms with E-state index in [0.717, 1.165) is 11.1 Å². The normalized spacial score (nSPS) is 36.5. The molecule has 1 aliphatic carbocycles. The summed E-state index contributed by atoms with van der Waals surface area (Å²) in [5.41, 5.74) is 1.72. The number of aliphatic hydroxyl groups is 3. The summed E-state index contributed by atoms with van der Waals surface area (Å²) in [6, 6.07) is 0. The molecular formula is C15H20O5. The van der Waals surface area contributed by atoms with E-state index in [4.69, 9.17) is 4.74 Å². The molecule has 0 amide bonds. The number of aliphatic hydroxyl groups excluding tert-OH is 3. The lowest BCUT2D eigenvalue weighted by Gasteiger charge is -2.23. The molecule has 110 valence electrons. The number of ether oxygens (including phenoxy) is 1. The number of carbonyl (C=O) groups is 1. The number of hydrogen-bond donors (Lipinski definition) is 3. The van der Waals surface area contributed by atoms with Gasteiger partial charge in [-0.3, -0.25) is 0 Å². The van der Waals surface area contributed by atoms with E-state index in [2.05, 4.69) is 6.58 Å². The van der Waals surface area contributed by atoms with Crippen molar-refractivity contribution >= 4 is 5.97 Å². The summed E-state index contributed by atoms with van der Waals surface area (Å²) in [6.45, 7) is 3.44. The van der Waals surface area contributed by atoms with E-state index in [1.165, 1.54) is 0 Å². The lowest BCUT2D eigenvalue weighted by atomic mass is 9.85. The van der Waals surface area contributed by atoms with E-state index in [0.29, 0.717) is 12.8 Å². The molecule has 2 aliphatic rings. The molecule has 1 saturated heterocycles. The first-order valence-corrected chi connectivity index (χ1v) is 6.73. The molecule has 2 rings (SSSR count). The molecule has 5 nitrogen and oxygen atoms in total. The van der Waals surface area contributed by atoms with Crippen molar-refractivity contribution < 1.29 is 24.9 Å². The summed E-state index contributed by atoms with van der Waals surface area (Å²) in [4.78, 5) is 11.6. The van der Waals surface area contributed by atoms with Crippen LogP contribution in [0.15, 0.2) is 35.5 Å². The predicted octanol–water partition coefficient (Wildman–Crippen LogP) is 0.466. The van der Waals surface area contributed by atoms with Crippen molar-refractivity contribution in [1.29, 1.82) is 0 Å². The van der Waals surface area contributed by atoms with Crippen LogP contribution in [0, 0.1) is 5.92 Å². The Balaban J connectivity index is 2.34. The van der Waals surface area contributed by atoms with Crippen LogP contribution in [0.2, 0.25) is 0 Å². The van der Waals surface area contributed by atoms with Crippen LogP contribution in [0.25, 0.3) is 0 Å². The lowest BCUT2D eigenvalue weighted by molar-refractivity contribution is -0.137. The molecule has 1 fully saturated rings. The number of allylic oxidation sites excluding steroid dienone is 1. The largest absolute Gasteiger partial charge is 0.454 e. The maximum atomic E-state index is 11.6. The Hall–Kier alpha value is -1.43. The SMILES string of the molecule is C=C1C(=O)O[C@@H]2/C=C(\CO)CC/C=C(\CO)C[C@H](O)[C@H]12. The van der Waals surface area contributed by atoms with Crippen LogP contribution in [0.4, 0.5) is 0 Å². The van der Waals surface area contributed by atoms with Gasteiger partial charge in [0, 0.05) is 5.57 Å². The molecule has 0 radical (unpaired) electrons.